The molecule has 2 rings (SSSR count). The van der Waals surface area contributed by atoms with Gasteiger partial charge in [0.1, 0.15) is 5.76 Å². The molecule has 0 spiro atoms. The van der Waals surface area contributed by atoms with Crippen molar-refractivity contribution in [2.45, 2.75) is 19.3 Å². The summed E-state index contributed by atoms with van der Waals surface area (Å²) in [5.74, 6) is 1.12. The predicted octanol–water partition coefficient (Wildman–Crippen LogP) is 3.68. The van der Waals surface area contributed by atoms with Crippen molar-refractivity contribution in [1.82, 2.24) is 4.90 Å². The molecule has 0 atom stereocenters. The lowest BCUT2D eigenvalue weighted by atomic mass is 10.2. The van der Waals surface area contributed by atoms with Crippen molar-refractivity contribution >= 4 is 17.5 Å². The number of hydrogen-bond donors (Lipinski definition) is 0. The van der Waals surface area contributed by atoms with Gasteiger partial charge in [0.25, 0.3) is 5.91 Å². The summed E-state index contributed by atoms with van der Waals surface area (Å²) in [4.78, 5) is 14.0. The van der Waals surface area contributed by atoms with E-state index >= 15 is 0 Å². The van der Waals surface area contributed by atoms with E-state index in [0.717, 1.165) is 5.56 Å². The molecule has 1 aromatic carbocycles. The van der Waals surface area contributed by atoms with Gasteiger partial charge in [0.05, 0.1) is 5.88 Å². The Morgan fingerprint density at radius 3 is 2.53 bits per heavy atom. The van der Waals surface area contributed by atoms with Crippen LogP contribution in [0.1, 0.15) is 28.8 Å². The molecule has 4 heteroatoms. The SMILES string of the molecule is CCN(Cc1ccccc1)C(=O)c1ccc(CCl)o1. The van der Waals surface area contributed by atoms with Crippen LogP contribution in [0.5, 0.6) is 0 Å². The lowest BCUT2D eigenvalue weighted by Crippen LogP contribution is -2.29. The van der Waals surface area contributed by atoms with Crippen molar-refractivity contribution in [3.8, 4) is 0 Å². The summed E-state index contributed by atoms with van der Waals surface area (Å²) in [5, 5.41) is 0. The standard InChI is InChI=1S/C15H16ClNO2/c1-2-17(11-12-6-4-3-5-7-12)15(18)14-9-8-13(10-16)19-14/h3-9H,2,10-11H2,1H3. The molecule has 2 aromatic rings. The fraction of sp³-hybridized carbons (Fsp3) is 0.267. The number of alkyl halides is 1. The number of furan rings is 1. The number of hydrogen-bond acceptors (Lipinski definition) is 2. The summed E-state index contributed by atoms with van der Waals surface area (Å²) < 4.78 is 5.39. The Labute approximate surface area is 117 Å². The van der Waals surface area contributed by atoms with E-state index in [9.17, 15) is 4.79 Å². The van der Waals surface area contributed by atoms with Crippen molar-refractivity contribution in [3.05, 3.63) is 59.5 Å². The summed E-state index contributed by atoms with van der Waals surface area (Å²) in [6, 6.07) is 13.3. The van der Waals surface area contributed by atoms with E-state index < -0.39 is 0 Å². The average Bonchev–Trinajstić information content (AvgIpc) is 2.94. The van der Waals surface area contributed by atoms with Crippen LogP contribution >= 0.6 is 11.6 Å². The van der Waals surface area contributed by atoms with Crippen molar-refractivity contribution in [1.29, 1.82) is 0 Å². The van der Waals surface area contributed by atoms with Crippen molar-refractivity contribution in [3.63, 3.8) is 0 Å². The highest BCUT2D eigenvalue weighted by Crippen LogP contribution is 2.14. The Kier molecular flexibility index (Phi) is 4.63. The number of carbonyl (C=O) groups is 1. The second-order valence-electron chi connectivity index (χ2n) is 4.20. The molecule has 0 aliphatic rings. The molecule has 19 heavy (non-hydrogen) atoms. The van der Waals surface area contributed by atoms with Gasteiger partial charge in [-0.3, -0.25) is 4.79 Å². The molecule has 0 saturated heterocycles. The maximum atomic E-state index is 12.3. The molecule has 0 N–H and O–H groups in total. The Morgan fingerprint density at radius 1 is 1.21 bits per heavy atom. The van der Waals surface area contributed by atoms with Crippen LogP contribution in [-0.4, -0.2) is 17.4 Å². The minimum atomic E-state index is -0.109. The Morgan fingerprint density at radius 2 is 1.95 bits per heavy atom. The van der Waals surface area contributed by atoms with E-state index in [1.165, 1.54) is 0 Å². The lowest BCUT2D eigenvalue weighted by molar-refractivity contribution is 0.0719. The zero-order chi connectivity index (χ0) is 13.7. The van der Waals surface area contributed by atoms with E-state index in [2.05, 4.69) is 0 Å². The van der Waals surface area contributed by atoms with E-state index in [0.29, 0.717) is 24.6 Å². The molecule has 100 valence electrons. The van der Waals surface area contributed by atoms with E-state index in [1.54, 1.807) is 17.0 Å². The van der Waals surface area contributed by atoms with Crippen molar-refractivity contribution < 1.29 is 9.21 Å². The largest absolute Gasteiger partial charge is 0.455 e. The highest BCUT2D eigenvalue weighted by atomic mass is 35.5. The molecular formula is C15H16ClNO2. The summed E-state index contributed by atoms with van der Waals surface area (Å²) in [7, 11) is 0. The second-order valence-corrected chi connectivity index (χ2v) is 4.47. The Hall–Kier alpha value is -1.74. The highest BCUT2D eigenvalue weighted by Gasteiger charge is 2.18. The van der Waals surface area contributed by atoms with Crippen LogP contribution in [0.25, 0.3) is 0 Å². The first-order valence-corrected chi connectivity index (χ1v) is 6.76. The first kappa shape index (κ1) is 13.7. The lowest BCUT2D eigenvalue weighted by Gasteiger charge is -2.19. The third-order valence-corrected chi connectivity index (χ3v) is 3.15. The molecule has 1 amide bonds. The van der Waals surface area contributed by atoms with Crippen LogP contribution in [-0.2, 0) is 12.4 Å². The van der Waals surface area contributed by atoms with Crippen LogP contribution < -0.4 is 0 Å². The quantitative estimate of drug-likeness (QED) is 0.781. The smallest absolute Gasteiger partial charge is 0.289 e. The molecule has 3 nitrogen and oxygen atoms in total. The summed E-state index contributed by atoms with van der Waals surface area (Å²) >= 11 is 5.67. The highest BCUT2D eigenvalue weighted by molar-refractivity contribution is 6.16. The van der Waals surface area contributed by atoms with Gasteiger partial charge in [0.15, 0.2) is 5.76 Å². The van der Waals surface area contributed by atoms with Crippen LogP contribution in [0.4, 0.5) is 0 Å². The summed E-state index contributed by atoms with van der Waals surface area (Å²) in [6.45, 7) is 3.16. The maximum Gasteiger partial charge on any atom is 0.289 e. The number of amides is 1. The molecule has 0 aliphatic carbocycles. The van der Waals surface area contributed by atoms with Gasteiger partial charge < -0.3 is 9.32 Å². The van der Waals surface area contributed by atoms with Gasteiger partial charge >= 0.3 is 0 Å². The molecule has 0 saturated carbocycles. The fourth-order valence-corrected chi connectivity index (χ4v) is 2.00. The third kappa shape index (κ3) is 3.38. The molecule has 1 heterocycles. The van der Waals surface area contributed by atoms with Gasteiger partial charge in [-0.25, -0.2) is 0 Å². The fourth-order valence-electron chi connectivity index (χ4n) is 1.85. The van der Waals surface area contributed by atoms with Crippen LogP contribution in [0, 0.1) is 0 Å². The molecule has 0 bridgehead atoms. The maximum absolute atomic E-state index is 12.3. The van der Waals surface area contributed by atoms with Crippen molar-refractivity contribution in [2.24, 2.45) is 0 Å². The van der Waals surface area contributed by atoms with Gasteiger partial charge in [-0.05, 0) is 24.6 Å². The number of benzene rings is 1. The predicted molar refractivity (Wildman–Crippen MR) is 75.1 cm³/mol. The molecule has 0 radical (unpaired) electrons. The zero-order valence-corrected chi connectivity index (χ0v) is 11.6. The van der Waals surface area contributed by atoms with E-state index in [1.807, 2.05) is 37.3 Å². The summed E-state index contributed by atoms with van der Waals surface area (Å²) in [6.07, 6.45) is 0. The van der Waals surface area contributed by atoms with Gasteiger partial charge in [0, 0.05) is 13.1 Å². The third-order valence-electron chi connectivity index (χ3n) is 2.89. The summed E-state index contributed by atoms with van der Waals surface area (Å²) in [5.41, 5.74) is 1.10. The minimum absolute atomic E-state index is 0.109. The molecule has 1 aromatic heterocycles. The van der Waals surface area contributed by atoms with Gasteiger partial charge in [-0.1, -0.05) is 30.3 Å². The van der Waals surface area contributed by atoms with E-state index in [-0.39, 0.29) is 11.8 Å². The molecular weight excluding hydrogens is 262 g/mol. The number of nitrogens with zero attached hydrogens (tertiary/aromatic N) is 1. The van der Waals surface area contributed by atoms with Crippen molar-refractivity contribution in [2.75, 3.05) is 6.54 Å². The second kappa shape index (κ2) is 6.43. The Bertz CT molecular complexity index is 536. The topological polar surface area (TPSA) is 33.5 Å². The van der Waals surface area contributed by atoms with Crippen LogP contribution in [0.3, 0.4) is 0 Å². The average molecular weight is 278 g/mol. The normalized spacial score (nSPS) is 10.4. The number of carbonyl (C=O) groups excluding carboxylic acids is 1. The van der Waals surface area contributed by atoms with Gasteiger partial charge in [-0.2, -0.15) is 0 Å². The minimum Gasteiger partial charge on any atom is -0.455 e. The van der Waals surface area contributed by atoms with Gasteiger partial charge in [-0.15, -0.1) is 11.6 Å². The molecule has 0 unspecified atom stereocenters. The van der Waals surface area contributed by atoms with Crippen LogP contribution in [0.2, 0.25) is 0 Å². The molecule has 0 aliphatic heterocycles. The molecule has 0 fully saturated rings. The van der Waals surface area contributed by atoms with Crippen LogP contribution in [0.15, 0.2) is 46.9 Å². The van der Waals surface area contributed by atoms with E-state index in [4.69, 9.17) is 16.0 Å². The number of halogens is 1. The first-order valence-electron chi connectivity index (χ1n) is 6.22. The number of rotatable bonds is 5. The monoisotopic (exact) mass is 277 g/mol. The first-order chi connectivity index (χ1) is 9.24. The Balaban J connectivity index is 2.11. The van der Waals surface area contributed by atoms with Gasteiger partial charge in [0.2, 0.25) is 0 Å². The zero-order valence-electron chi connectivity index (χ0n) is 10.8.